The molecule has 10 heteroatoms. The first kappa shape index (κ1) is 13.5. The van der Waals surface area contributed by atoms with E-state index in [4.69, 9.17) is 31.4 Å². The zero-order valence-electron chi connectivity index (χ0n) is 6.37. The Morgan fingerprint density at radius 2 is 1.69 bits per heavy atom. The lowest BCUT2D eigenvalue weighted by molar-refractivity contribution is 0.348. The lowest BCUT2D eigenvalue weighted by Gasteiger charge is -2.15. The predicted octanol–water partition coefficient (Wildman–Crippen LogP) is -0.199. The molecule has 0 fully saturated rings. The highest BCUT2D eigenvalue weighted by Gasteiger charge is 2.30. The predicted molar refractivity (Wildman–Crippen MR) is 46.3 cm³/mol. The van der Waals surface area contributed by atoms with E-state index in [-0.39, 0.29) is 0 Å². The third-order valence-corrected chi connectivity index (χ3v) is 3.68. The molecule has 0 rings (SSSR count). The number of rotatable bonds is 5. The Labute approximate surface area is 79.5 Å². The van der Waals surface area contributed by atoms with E-state index in [9.17, 15) is 9.13 Å². The number of hydrogen-bond donors (Lipinski definition) is 5. The van der Waals surface area contributed by atoms with E-state index in [2.05, 4.69) is 0 Å². The van der Waals surface area contributed by atoms with Gasteiger partial charge in [0, 0.05) is 0 Å². The van der Waals surface area contributed by atoms with Gasteiger partial charge in [0.1, 0.15) is 5.78 Å². The highest BCUT2D eigenvalue weighted by molar-refractivity contribution is 7.53. The van der Waals surface area contributed by atoms with Crippen molar-refractivity contribution in [3.8, 4) is 0 Å². The molecule has 0 saturated heterocycles. The molecule has 1 unspecified atom stereocenters. The summed E-state index contributed by atoms with van der Waals surface area (Å²) >= 11 is 4.99. The molecule has 0 saturated carbocycles. The summed E-state index contributed by atoms with van der Waals surface area (Å²) in [5.74, 6) is -1.43. The van der Waals surface area contributed by atoms with E-state index in [1.165, 1.54) is 0 Å². The van der Waals surface area contributed by atoms with Gasteiger partial charge in [0.15, 0.2) is 0 Å². The fraction of sp³-hybridized carbons (Fsp3) is 1.00. The molecule has 7 nitrogen and oxygen atoms in total. The third kappa shape index (κ3) is 6.60. The number of nitrogens with one attached hydrogen (secondary N) is 1. The highest BCUT2D eigenvalue weighted by atomic mass is 35.5. The van der Waals surface area contributed by atoms with Gasteiger partial charge >= 0.3 is 15.2 Å². The van der Waals surface area contributed by atoms with Crippen LogP contribution in [0.2, 0.25) is 0 Å². The lowest BCUT2D eigenvalue weighted by atomic mass is 10.5. The van der Waals surface area contributed by atoms with Gasteiger partial charge in [-0.25, -0.2) is 4.84 Å². The highest BCUT2D eigenvalue weighted by Crippen LogP contribution is 2.45. The second-order valence-electron chi connectivity index (χ2n) is 2.39. The van der Waals surface area contributed by atoms with Crippen LogP contribution in [0.5, 0.6) is 0 Å². The molecule has 0 aliphatic carbocycles. The van der Waals surface area contributed by atoms with E-state index in [0.29, 0.717) is 0 Å². The van der Waals surface area contributed by atoms with Crippen molar-refractivity contribution in [2.24, 2.45) is 0 Å². The van der Waals surface area contributed by atoms with Crippen molar-refractivity contribution in [3.05, 3.63) is 0 Å². The fourth-order valence-corrected chi connectivity index (χ4v) is 2.46. The van der Waals surface area contributed by atoms with E-state index >= 15 is 0 Å². The van der Waals surface area contributed by atoms with Crippen molar-refractivity contribution in [1.82, 2.24) is 4.84 Å². The third-order valence-electron chi connectivity index (χ3n) is 1.23. The summed E-state index contributed by atoms with van der Waals surface area (Å²) < 4.78 is 20.9. The maximum absolute atomic E-state index is 10.6. The number of hydrogen-bond acceptors (Lipinski definition) is 3. The molecular weight excluding hydrogens is 243 g/mol. The van der Waals surface area contributed by atoms with Gasteiger partial charge < -0.3 is 19.6 Å². The molecule has 0 spiro atoms. The van der Waals surface area contributed by atoms with Gasteiger partial charge in [-0.15, -0.1) is 0 Å². The van der Waals surface area contributed by atoms with Crippen LogP contribution in [0, 0.1) is 0 Å². The first-order chi connectivity index (χ1) is 5.67. The Morgan fingerprint density at radius 3 is 1.92 bits per heavy atom. The van der Waals surface area contributed by atoms with Crippen molar-refractivity contribution in [2.75, 3.05) is 6.16 Å². The standard InChI is InChI=1S/C3H10ClNO6P2/c4-5-3(13(9,10)11)1-2-12(6,7)8/h3,5H,1-2H2,(H2,6,7,8)(H2,9,10,11). The summed E-state index contributed by atoms with van der Waals surface area (Å²) in [7, 11) is -8.69. The van der Waals surface area contributed by atoms with E-state index in [1.54, 1.807) is 4.84 Å². The fourth-order valence-electron chi connectivity index (χ4n) is 0.577. The molecule has 0 amide bonds. The molecule has 0 aromatic carbocycles. The first-order valence-electron chi connectivity index (χ1n) is 3.13. The second kappa shape index (κ2) is 4.87. The van der Waals surface area contributed by atoms with Crippen LogP contribution in [0.15, 0.2) is 0 Å². The van der Waals surface area contributed by atoms with E-state index in [1.807, 2.05) is 0 Å². The maximum atomic E-state index is 10.6. The van der Waals surface area contributed by atoms with Gasteiger partial charge in [-0.1, -0.05) is 0 Å². The van der Waals surface area contributed by atoms with Crippen molar-refractivity contribution in [2.45, 2.75) is 12.2 Å². The molecule has 0 radical (unpaired) electrons. The van der Waals surface area contributed by atoms with Crippen LogP contribution < -0.4 is 4.84 Å². The first-order valence-corrected chi connectivity index (χ1v) is 6.98. The molecule has 1 atom stereocenters. The van der Waals surface area contributed by atoms with Crippen molar-refractivity contribution in [3.63, 3.8) is 0 Å². The largest absolute Gasteiger partial charge is 0.343 e. The van der Waals surface area contributed by atoms with Gasteiger partial charge in [-0.3, -0.25) is 9.13 Å². The molecule has 0 heterocycles. The second-order valence-corrected chi connectivity index (χ2v) is 6.19. The van der Waals surface area contributed by atoms with Gasteiger partial charge in [-0.2, -0.15) is 0 Å². The minimum atomic E-state index is -4.45. The summed E-state index contributed by atoms with van der Waals surface area (Å²) in [4.78, 5) is 35.8. The van der Waals surface area contributed by atoms with Gasteiger partial charge in [-0.05, 0) is 18.2 Å². The summed E-state index contributed by atoms with van der Waals surface area (Å²) in [6.07, 6.45) is -1.01. The molecular formula is C3H10ClNO6P2. The molecule has 0 aliphatic rings. The summed E-state index contributed by atoms with van der Waals surface area (Å²) in [5.41, 5.74) is 0. The Hall–Kier alpha value is 0.550. The van der Waals surface area contributed by atoms with Crippen LogP contribution in [-0.2, 0) is 9.13 Å². The van der Waals surface area contributed by atoms with Crippen LogP contribution in [0.1, 0.15) is 6.42 Å². The molecule has 5 N–H and O–H groups in total. The van der Waals surface area contributed by atoms with Crippen LogP contribution in [0.4, 0.5) is 0 Å². The van der Waals surface area contributed by atoms with Gasteiger partial charge in [0.25, 0.3) is 0 Å². The van der Waals surface area contributed by atoms with Crippen molar-refractivity contribution < 1.29 is 28.7 Å². The monoisotopic (exact) mass is 253 g/mol. The van der Waals surface area contributed by atoms with Gasteiger partial charge in [0.05, 0.1) is 6.16 Å². The zero-order valence-corrected chi connectivity index (χ0v) is 8.91. The smallest absolute Gasteiger partial charge is 0.324 e. The van der Waals surface area contributed by atoms with Crippen molar-refractivity contribution >= 4 is 27.0 Å². The Morgan fingerprint density at radius 1 is 1.23 bits per heavy atom. The average molecular weight is 254 g/mol. The van der Waals surface area contributed by atoms with E-state index < -0.39 is 33.6 Å². The zero-order chi connectivity index (χ0) is 10.7. The SMILES string of the molecule is O=P(O)(O)CCC(NCl)P(=O)(O)O. The number of halogens is 1. The van der Waals surface area contributed by atoms with Gasteiger partial charge in [0.2, 0.25) is 0 Å². The molecule has 0 aliphatic heterocycles. The molecule has 0 aromatic rings. The summed E-state index contributed by atoms with van der Waals surface area (Å²) in [6, 6.07) is 0. The molecule has 80 valence electrons. The van der Waals surface area contributed by atoms with Crippen LogP contribution in [0.25, 0.3) is 0 Å². The molecule has 0 bridgehead atoms. The summed E-state index contributed by atoms with van der Waals surface area (Å²) in [5, 5.41) is 0. The lowest BCUT2D eigenvalue weighted by Crippen LogP contribution is -2.22. The van der Waals surface area contributed by atoms with Crippen LogP contribution in [0.3, 0.4) is 0 Å². The van der Waals surface area contributed by atoms with Crippen LogP contribution in [-0.4, -0.2) is 31.5 Å². The Balaban J connectivity index is 4.18. The minimum Gasteiger partial charge on any atom is -0.324 e. The maximum Gasteiger partial charge on any atom is 0.343 e. The summed E-state index contributed by atoms with van der Waals surface area (Å²) in [6.45, 7) is 0. The Kier molecular flexibility index (Phi) is 5.07. The normalized spacial score (nSPS) is 15.8. The topological polar surface area (TPSA) is 127 Å². The minimum absolute atomic E-state index is 0.391. The molecule has 13 heavy (non-hydrogen) atoms. The van der Waals surface area contributed by atoms with E-state index in [0.717, 1.165) is 0 Å². The van der Waals surface area contributed by atoms with Crippen molar-refractivity contribution in [1.29, 1.82) is 0 Å². The molecule has 0 aromatic heterocycles. The quantitative estimate of drug-likeness (QED) is 0.339. The average Bonchev–Trinajstić information content (AvgIpc) is 1.82. The van der Waals surface area contributed by atoms with Crippen LogP contribution >= 0.6 is 27.0 Å². The Bertz CT molecular complexity index is 246.